The number of nitrogens with one attached hydrogen (secondary N) is 2. The lowest BCUT2D eigenvalue weighted by atomic mass is 10.0. The molecule has 0 aliphatic carbocycles. The Morgan fingerprint density at radius 1 is 1.56 bits per heavy atom. The Balaban J connectivity index is 1.69. The number of nitrogens with zero attached hydrogens (tertiary/aromatic N) is 1. The fourth-order valence-electron chi connectivity index (χ4n) is 2.42. The van der Waals surface area contributed by atoms with Gasteiger partial charge in [0, 0.05) is 24.9 Å². The van der Waals surface area contributed by atoms with E-state index >= 15 is 0 Å². The Labute approximate surface area is 109 Å². The second kappa shape index (κ2) is 6.05. The number of aryl methyl sites for hydroxylation is 1. The van der Waals surface area contributed by atoms with E-state index in [0.29, 0.717) is 18.9 Å². The van der Waals surface area contributed by atoms with Gasteiger partial charge >= 0.3 is 0 Å². The van der Waals surface area contributed by atoms with Crippen LogP contribution in [0.5, 0.6) is 0 Å². The normalized spacial score (nSPS) is 19.1. The van der Waals surface area contributed by atoms with Crippen molar-refractivity contribution < 1.29 is 4.79 Å². The standard InChI is InChI=1S/C14H23N3O/c1-11-3-5-13(17(11)2)10-16-14(18)6-4-12-7-8-15-9-12/h3,5,12,15H,4,6-10H2,1-2H3,(H,16,18). The minimum absolute atomic E-state index is 0.167. The SMILES string of the molecule is Cc1ccc(CNC(=O)CCC2CCNC2)n1C. The van der Waals surface area contributed by atoms with Crippen molar-refractivity contribution in [3.05, 3.63) is 23.5 Å². The maximum absolute atomic E-state index is 11.8. The number of carbonyl (C=O) groups excluding carboxylic acids is 1. The molecule has 2 rings (SSSR count). The van der Waals surface area contributed by atoms with Crippen LogP contribution >= 0.6 is 0 Å². The first kappa shape index (κ1) is 13.1. The Morgan fingerprint density at radius 2 is 2.39 bits per heavy atom. The highest BCUT2D eigenvalue weighted by molar-refractivity contribution is 5.75. The lowest BCUT2D eigenvalue weighted by Crippen LogP contribution is -2.24. The van der Waals surface area contributed by atoms with Crippen LogP contribution in [0.25, 0.3) is 0 Å². The van der Waals surface area contributed by atoms with Gasteiger partial charge < -0.3 is 15.2 Å². The molecule has 1 unspecified atom stereocenters. The number of amides is 1. The Kier molecular flexibility index (Phi) is 4.42. The van der Waals surface area contributed by atoms with E-state index in [9.17, 15) is 4.79 Å². The predicted molar refractivity (Wildman–Crippen MR) is 72.2 cm³/mol. The summed E-state index contributed by atoms with van der Waals surface area (Å²) in [6.45, 7) is 4.88. The number of rotatable bonds is 5. The van der Waals surface area contributed by atoms with Crippen LogP contribution in [-0.2, 0) is 18.4 Å². The molecular weight excluding hydrogens is 226 g/mol. The lowest BCUT2D eigenvalue weighted by Gasteiger charge is -2.09. The van der Waals surface area contributed by atoms with Crippen molar-refractivity contribution in [2.45, 2.75) is 32.7 Å². The van der Waals surface area contributed by atoms with E-state index < -0.39 is 0 Å². The van der Waals surface area contributed by atoms with Crippen LogP contribution in [0.15, 0.2) is 12.1 Å². The monoisotopic (exact) mass is 249 g/mol. The smallest absolute Gasteiger partial charge is 0.220 e. The quantitative estimate of drug-likeness (QED) is 0.827. The third-order valence-electron chi connectivity index (χ3n) is 3.89. The molecule has 2 heterocycles. The molecule has 0 radical (unpaired) electrons. The van der Waals surface area contributed by atoms with E-state index in [1.165, 1.54) is 12.1 Å². The lowest BCUT2D eigenvalue weighted by molar-refractivity contribution is -0.121. The fourth-order valence-corrected chi connectivity index (χ4v) is 2.42. The molecule has 1 aliphatic heterocycles. The molecule has 0 bridgehead atoms. The zero-order chi connectivity index (χ0) is 13.0. The van der Waals surface area contributed by atoms with Gasteiger partial charge in [0.15, 0.2) is 0 Å². The molecule has 0 spiro atoms. The summed E-state index contributed by atoms with van der Waals surface area (Å²) in [7, 11) is 2.03. The molecule has 4 nitrogen and oxygen atoms in total. The van der Waals surface area contributed by atoms with Gasteiger partial charge in [-0.1, -0.05) is 0 Å². The largest absolute Gasteiger partial charge is 0.351 e. The molecule has 2 N–H and O–H groups in total. The van der Waals surface area contributed by atoms with Gasteiger partial charge in [-0.05, 0) is 50.9 Å². The van der Waals surface area contributed by atoms with Crippen molar-refractivity contribution in [2.75, 3.05) is 13.1 Å². The van der Waals surface area contributed by atoms with E-state index in [4.69, 9.17) is 0 Å². The van der Waals surface area contributed by atoms with Gasteiger partial charge in [0.1, 0.15) is 0 Å². The maximum Gasteiger partial charge on any atom is 0.220 e. The summed E-state index contributed by atoms with van der Waals surface area (Å²) >= 11 is 0. The highest BCUT2D eigenvalue weighted by Crippen LogP contribution is 2.14. The Morgan fingerprint density at radius 3 is 3.00 bits per heavy atom. The second-order valence-electron chi connectivity index (χ2n) is 5.20. The molecule has 0 saturated carbocycles. The van der Waals surface area contributed by atoms with Crippen LogP contribution in [0, 0.1) is 12.8 Å². The van der Waals surface area contributed by atoms with Crippen LogP contribution in [-0.4, -0.2) is 23.6 Å². The van der Waals surface area contributed by atoms with Crippen molar-refractivity contribution in [2.24, 2.45) is 13.0 Å². The summed E-state index contributed by atoms with van der Waals surface area (Å²) in [5, 5.41) is 6.33. The highest BCUT2D eigenvalue weighted by atomic mass is 16.1. The second-order valence-corrected chi connectivity index (χ2v) is 5.20. The van der Waals surface area contributed by atoms with Crippen molar-refractivity contribution >= 4 is 5.91 Å². The van der Waals surface area contributed by atoms with Gasteiger partial charge in [-0.15, -0.1) is 0 Å². The van der Waals surface area contributed by atoms with E-state index in [1.807, 2.05) is 7.05 Å². The van der Waals surface area contributed by atoms with Gasteiger partial charge in [-0.25, -0.2) is 0 Å². The Bertz CT molecular complexity index is 405. The summed E-state index contributed by atoms with van der Waals surface area (Å²) in [5.74, 6) is 0.855. The molecule has 1 aromatic rings. The molecule has 100 valence electrons. The van der Waals surface area contributed by atoms with Crippen molar-refractivity contribution in [1.82, 2.24) is 15.2 Å². The van der Waals surface area contributed by atoms with Crippen LogP contribution in [0.4, 0.5) is 0 Å². The molecular formula is C14H23N3O. The number of hydrogen-bond donors (Lipinski definition) is 2. The van der Waals surface area contributed by atoms with Crippen molar-refractivity contribution in [1.29, 1.82) is 0 Å². The molecule has 1 aliphatic rings. The molecule has 1 atom stereocenters. The summed E-state index contributed by atoms with van der Waals surface area (Å²) in [5.41, 5.74) is 2.37. The zero-order valence-corrected chi connectivity index (χ0v) is 11.3. The van der Waals surface area contributed by atoms with Crippen LogP contribution in [0.2, 0.25) is 0 Å². The summed E-state index contributed by atoms with van der Waals surface area (Å²) in [4.78, 5) is 11.8. The molecule has 1 saturated heterocycles. The minimum atomic E-state index is 0.167. The van der Waals surface area contributed by atoms with Crippen LogP contribution in [0.1, 0.15) is 30.7 Å². The number of aromatic nitrogens is 1. The topological polar surface area (TPSA) is 46.1 Å². The van der Waals surface area contributed by atoms with Gasteiger partial charge in [0.25, 0.3) is 0 Å². The van der Waals surface area contributed by atoms with Gasteiger partial charge in [-0.3, -0.25) is 4.79 Å². The van der Waals surface area contributed by atoms with Gasteiger partial charge in [0.05, 0.1) is 6.54 Å². The van der Waals surface area contributed by atoms with E-state index in [-0.39, 0.29) is 5.91 Å². The third-order valence-corrected chi connectivity index (χ3v) is 3.89. The number of hydrogen-bond acceptors (Lipinski definition) is 2. The number of carbonyl (C=O) groups is 1. The molecule has 4 heteroatoms. The third kappa shape index (κ3) is 3.35. The average Bonchev–Trinajstić information content (AvgIpc) is 2.97. The molecule has 1 aromatic heterocycles. The average molecular weight is 249 g/mol. The zero-order valence-electron chi connectivity index (χ0n) is 11.3. The summed E-state index contributed by atoms with van der Waals surface area (Å²) in [6, 6.07) is 4.14. The van der Waals surface area contributed by atoms with E-state index in [1.54, 1.807) is 0 Å². The summed E-state index contributed by atoms with van der Waals surface area (Å²) < 4.78 is 2.11. The molecule has 1 amide bonds. The van der Waals surface area contributed by atoms with Crippen LogP contribution < -0.4 is 10.6 Å². The Hall–Kier alpha value is -1.29. The first-order chi connectivity index (χ1) is 8.66. The van der Waals surface area contributed by atoms with Crippen molar-refractivity contribution in [3.63, 3.8) is 0 Å². The van der Waals surface area contributed by atoms with Gasteiger partial charge in [-0.2, -0.15) is 0 Å². The summed E-state index contributed by atoms with van der Waals surface area (Å²) in [6.07, 6.45) is 2.87. The fraction of sp³-hybridized carbons (Fsp3) is 0.643. The molecule has 0 aromatic carbocycles. The predicted octanol–water partition coefficient (Wildman–Crippen LogP) is 1.34. The highest BCUT2D eigenvalue weighted by Gasteiger charge is 2.15. The minimum Gasteiger partial charge on any atom is -0.351 e. The first-order valence-electron chi connectivity index (χ1n) is 6.75. The maximum atomic E-state index is 11.8. The molecule has 18 heavy (non-hydrogen) atoms. The van der Waals surface area contributed by atoms with Crippen molar-refractivity contribution in [3.8, 4) is 0 Å². The molecule has 1 fully saturated rings. The van der Waals surface area contributed by atoms with E-state index in [0.717, 1.165) is 25.2 Å². The van der Waals surface area contributed by atoms with Crippen LogP contribution in [0.3, 0.4) is 0 Å². The van der Waals surface area contributed by atoms with E-state index in [2.05, 4.69) is 34.3 Å². The first-order valence-corrected chi connectivity index (χ1v) is 6.75. The van der Waals surface area contributed by atoms with Gasteiger partial charge in [0.2, 0.25) is 5.91 Å².